The molecule has 0 radical (unpaired) electrons. The van der Waals surface area contributed by atoms with Crippen molar-refractivity contribution < 1.29 is 9.47 Å². The molecule has 4 rings (SSSR count). The summed E-state index contributed by atoms with van der Waals surface area (Å²) in [6, 6.07) is 5.46. The topological polar surface area (TPSA) is 125 Å². The Morgan fingerprint density at radius 3 is 2.54 bits per heavy atom. The fraction of sp³-hybridized carbons (Fsp3) is 0.235. The number of aromatic amines is 3. The van der Waals surface area contributed by atoms with Crippen LogP contribution in [0.25, 0.3) is 0 Å². The molecule has 0 spiro atoms. The standard InChI is InChI=1S/C17H17N5O4/c1-7-11-12(8-4-5-9(25-2)10(6-8)26-3)13-14(18-15(11)22-21-7)19-17(24)20-16(13)23/h4-6,12H,1-3H3,(H4,18,19,20,21,22,23,24). The van der Waals surface area contributed by atoms with Gasteiger partial charge in [-0.25, -0.2) is 4.79 Å². The van der Waals surface area contributed by atoms with Crippen molar-refractivity contribution in [1.82, 2.24) is 20.2 Å². The maximum Gasteiger partial charge on any atom is 0.327 e. The quantitative estimate of drug-likeness (QED) is 0.440. The highest BCUT2D eigenvalue weighted by Crippen LogP contribution is 2.44. The zero-order valence-electron chi connectivity index (χ0n) is 14.4. The maximum atomic E-state index is 12.6. The highest BCUT2D eigenvalue weighted by molar-refractivity contribution is 5.71. The van der Waals surface area contributed by atoms with Crippen LogP contribution in [0.5, 0.6) is 11.5 Å². The lowest BCUT2D eigenvalue weighted by Crippen LogP contribution is -2.31. The van der Waals surface area contributed by atoms with E-state index in [4.69, 9.17) is 9.47 Å². The highest BCUT2D eigenvalue weighted by atomic mass is 16.5. The van der Waals surface area contributed by atoms with Crippen molar-refractivity contribution in [2.45, 2.75) is 12.8 Å². The molecule has 9 heteroatoms. The van der Waals surface area contributed by atoms with Crippen LogP contribution in [0.15, 0.2) is 27.8 Å². The molecule has 9 nitrogen and oxygen atoms in total. The molecule has 3 aromatic rings. The second-order valence-electron chi connectivity index (χ2n) is 5.98. The zero-order chi connectivity index (χ0) is 18.4. The van der Waals surface area contributed by atoms with E-state index in [9.17, 15) is 9.59 Å². The van der Waals surface area contributed by atoms with Gasteiger partial charge in [0.05, 0.1) is 19.8 Å². The molecule has 0 saturated carbocycles. The van der Waals surface area contributed by atoms with Crippen LogP contribution in [0, 0.1) is 6.92 Å². The molecular weight excluding hydrogens is 338 g/mol. The van der Waals surface area contributed by atoms with Crippen LogP contribution >= 0.6 is 0 Å². The summed E-state index contributed by atoms with van der Waals surface area (Å²) in [4.78, 5) is 29.2. The van der Waals surface area contributed by atoms with Gasteiger partial charge >= 0.3 is 5.69 Å². The van der Waals surface area contributed by atoms with Gasteiger partial charge in [0.25, 0.3) is 5.56 Å². The van der Waals surface area contributed by atoms with Gasteiger partial charge in [-0.1, -0.05) is 6.07 Å². The minimum atomic E-state index is -0.581. The van der Waals surface area contributed by atoms with Gasteiger partial charge in [0.1, 0.15) is 5.82 Å². The molecule has 1 aliphatic rings. The summed E-state index contributed by atoms with van der Waals surface area (Å²) in [6.45, 7) is 1.88. The number of nitrogens with one attached hydrogen (secondary N) is 4. The van der Waals surface area contributed by atoms with E-state index < -0.39 is 17.2 Å². The van der Waals surface area contributed by atoms with Gasteiger partial charge in [-0.05, 0) is 24.6 Å². The Labute approximate surface area is 147 Å². The number of aromatic nitrogens is 4. The largest absolute Gasteiger partial charge is 0.493 e. The number of methoxy groups -OCH3 is 2. The second kappa shape index (κ2) is 5.80. The summed E-state index contributed by atoms with van der Waals surface area (Å²) in [7, 11) is 3.11. The number of H-pyrrole nitrogens is 3. The third-order valence-corrected chi connectivity index (χ3v) is 4.54. The summed E-state index contributed by atoms with van der Waals surface area (Å²) in [5, 5.41) is 10.2. The Balaban J connectivity index is 2.01. The number of hydrogen-bond donors (Lipinski definition) is 4. The minimum Gasteiger partial charge on any atom is -0.493 e. The van der Waals surface area contributed by atoms with Crippen molar-refractivity contribution in [3.05, 3.63) is 61.4 Å². The first-order chi connectivity index (χ1) is 12.5. The van der Waals surface area contributed by atoms with Gasteiger partial charge in [0, 0.05) is 17.2 Å². The van der Waals surface area contributed by atoms with E-state index in [-0.39, 0.29) is 0 Å². The predicted octanol–water partition coefficient (Wildman–Crippen LogP) is 1.35. The van der Waals surface area contributed by atoms with E-state index in [0.29, 0.717) is 28.7 Å². The van der Waals surface area contributed by atoms with Crippen LogP contribution < -0.4 is 26.0 Å². The molecule has 3 heterocycles. The Morgan fingerprint density at radius 2 is 1.81 bits per heavy atom. The molecule has 134 valence electrons. The van der Waals surface area contributed by atoms with Gasteiger partial charge in [0.2, 0.25) is 0 Å². The van der Waals surface area contributed by atoms with Gasteiger partial charge < -0.3 is 14.8 Å². The van der Waals surface area contributed by atoms with E-state index in [1.165, 1.54) is 0 Å². The fourth-order valence-corrected chi connectivity index (χ4v) is 3.38. The zero-order valence-corrected chi connectivity index (χ0v) is 14.4. The maximum absolute atomic E-state index is 12.6. The summed E-state index contributed by atoms with van der Waals surface area (Å²) in [6.07, 6.45) is 0. The van der Waals surface area contributed by atoms with Crippen molar-refractivity contribution in [1.29, 1.82) is 0 Å². The molecule has 1 unspecified atom stereocenters. The number of hydrogen-bond acceptors (Lipinski definition) is 6. The first-order valence-electron chi connectivity index (χ1n) is 7.93. The van der Waals surface area contributed by atoms with Crippen molar-refractivity contribution in [3.63, 3.8) is 0 Å². The Bertz CT molecular complexity index is 1110. The molecule has 2 aromatic heterocycles. The first kappa shape index (κ1) is 16.0. The predicted molar refractivity (Wildman–Crippen MR) is 94.8 cm³/mol. The molecule has 0 amide bonds. The number of rotatable bonds is 3. The summed E-state index contributed by atoms with van der Waals surface area (Å²) in [5.74, 6) is 1.60. The van der Waals surface area contributed by atoms with E-state index in [2.05, 4.69) is 25.5 Å². The van der Waals surface area contributed by atoms with Crippen LogP contribution in [0.1, 0.15) is 28.3 Å². The number of fused-ring (bicyclic) bond motifs is 2. The van der Waals surface area contributed by atoms with E-state index in [1.807, 2.05) is 19.1 Å². The summed E-state index contributed by atoms with van der Waals surface area (Å²) < 4.78 is 10.7. The van der Waals surface area contributed by atoms with E-state index in [0.717, 1.165) is 16.8 Å². The summed E-state index contributed by atoms with van der Waals surface area (Å²) >= 11 is 0. The van der Waals surface area contributed by atoms with Gasteiger partial charge in [0.15, 0.2) is 17.3 Å². The first-order valence-corrected chi connectivity index (χ1v) is 7.93. The monoisotopic (exact) mass is 355 g/mol. The van der Waals surface area contributed by atoms with Gasteiger partial charge in [-0.15, -0.1) is 0 Å². The highest BCUT2D eigenvalue weighted by Gasteiger charge is 2.34. The average molecular weight is 355 g/mol. The Kier molecular flexibility index (Phi) is 3.57. The van der Waals surface area contributed by atoms with Crippen molar-refractivity contribution >= 4 is 11.6 Å². The Morgan fingerprint density at radius 1 is 1.04 bits per heavy atom. The van der Waals surface area contributed by atoms with Crippen molar-refractivity contribution in [2.24, 2.45) is 0 Å². The minimum absolute atomic E-state index is 0.331. The smallest absolute Gasteiger partial charge is 0.327 e. The van der Waals surface area contributed by atoms with Crippen molar-refractivity contribution in [3.8, 4) is 11.5 Å². The van der Waals surface area contributed by atoms with Crippen LogP contribution in [0.4, 0.5) is 11.6 Å². The molecule has 26 heavy (non-hydrogen) atoms. The average Bonchev–Trinajstić information content (AvgIpc) is 2.99. The number of benzene rings is 1. The fourth-order valence-electron chi connectivity index (χ4n) is 3.38. The molecule has 1 aromatic carbocycles. The third-order valence-electron chi connectivity index (χ3n) is 4.54. The number of nitrogens with zero attached hydrogens (tertiary/aromatic N) is 1. The van der Waals surface area contributed by atoms with Crippen LogP contribution in [0.3, 0.4) is 0 Å². The van der Waals surface area contributed by atoms with Crippen molar-refractivity contribution in [2.75, 3.05) is 19.5 Å². The van der Waals surface area contributed by atoms with Gasteiger partial charge in [-0.2, -0.15) is 5.10 Å². The molecule has 0 saturated heterocycles. The SMILES string of the molecule is COc1ccc(C2c3c(n[nH]c3C)Nc3[nH]c(=O)[nH]c(=O)c32)cc1OC. The molecule has 4 N–H and O–H groups in total. The lowest BCUT2D eigenvalue weighted by atomic mass is 9.83. The van der Waals surface area contributed by atoms with Crippen LogP contribution in [0.2, 0.25) is 0 Å². The Hall–Kier alpha value is -3.49. The molecule has 0 aliphatic carbocycles. The number of anilines is 2. The third kappa shape index (κ3) is 2.28. The second-order valence-corrected chi connectivity index (χ2v) is 5.98. The van der Waals surface area contributed by atoms with E-state index in [1.54, 1.807) is 20.3 Å². The molecule has 1 atom stereocenters. The van der Waals surface area contributed by atoms with Crippen LogP contribution in [-0.2, 0) is 0 Å². The lowest BCUT2D eigenvalue weighted by molar-refractivity contribution is 0.354. The van der Waals surface area contributed by atoms with E-state index >= 15 is 0 Å². The van der Waals surface area contributed by atoms with Crippen LogP contribution in [-0.4, -0.2) is 34.4 Å². The van der Waals surface area contributed by atoms with Gasteiger partial charge in [-0.3, -0.25) is 19.9 Å². The normalized spacial score (nSPS) is 15.0. The molecule has 0 bridgehead atoms. The molecule has 1 aliphatic heterocycles. The molecule has 0 fully saturated rings. The summed E-state index contributed by atoms with van der Waals surface area (Å²) in [5.41, 5.74) is 1.85. The lowest BCUT2D eigenvalue weighted by Gasteiger charge is -2.26. The number of ether oxygens (including phenoxy) is 2. The number of aryl methyl sites for hydroxylation is 1. The molecular formula is C17H17N5O4.